The van der Waals surface area contributed by atoms with E-state index in [4.69, 9.17) is 17.2 Å². The van der Waals surface area contributed by atoms with Gasteiger partial charge in [-0.25, -0.2) is 0 Å². The Hall–Kier alpha value is -0.240. The third-order valence-electron chi connectivity index (χ3n) is 2.39. The summed E-state index contributed by atoms with van der Waals surface area (Å²) in [7, 11) is 0. The third-order valence-corrected chi connectivity index (χ3v) is 2.39. The monoisotopic (exact) mass is 262 g/mol. The number of hydrogen-bond donors (Lipinski definition) is 5. The molecule has 6 nitrogen and oxygen atoms in total. The van der Waals surface area contributed by atoms with Crippen molar-refractivity contribution in [1.82, 2.24) is 15.5 Å². The third kappa shape index (κ3) is 18.1. The molecule has 0 rings (SSSR count). The van der Waals surface area contributed by atoms with Gasteiger partial charge >= 0.3 is 0 Å². The Labute approximate surface area is 113 Å². The maximum atomic E-state index is 5.35. The minimum absolute atomic E-state index is 0.728. The molecule has 0 unspecified atom stereocenters. The lowest BCUT2D eigenvalue weighted by atomic mass is 10.4. The fourth-order valence-corrected chi connectivity index (χ4v) is 1.37. The smallest absolute Gasteiger partial charge is 0.0105 e. The molecule has 18 heavy (non-hydrogen) atoms. The second-order valence-electron chi connectivity index (χ2n) is 3.90. The van der Waals surface area contributed by atoms with Crippen LogP contribution in [0.2, 0.25) is 0 Å². The first kappa shape index (κ1) is 20.1. The molecule has 0 aliphatic carbocycles. The van der Waals surface area contributed by atoms with Crippen molar-refractivity contribution in [1.29, 1.82) is 0 Å². The van der Waals surface area contributed by atoms with E-state index < -0.39 is 0 Å². The van der Waals surface area contributed by atoms with Crippen LogP contribution < -0.4 is 27.8 Å². The molecule has 8 N–H and O–H groups in total. The maximum absolute atomic E-state index is 5.35. The van der Waals surface area contributed by atoms with Crippen molar-refractivity contribution in [3.8, 4) is 0 Å². The van der Waals surface area contributed by atoms with Crippen molar-refractivity contribution >= 4 is 0 Å². The minimum Gasteiger partial charge on any atom is -0.329 e. The summed E-state index contributed by atoms with van der Waals surface area (Å²) in [5.74, 6) is 0. The fourth-order valence-electron chi connectivity index (χ4n) is 1.37. The highest BCUT2D eigenvalue weighted by molar-refractivity contribution is 4.54. The van der Waals surface area contributed by atoms with Crippen LogP contribution >= 0.6 is 0 Å². The molecule has 0 fully saturated rings. The predicted octanol–water partition coefficient (Wildman–Crippen LogP) is -1.63. The van der Waals surface area contributed by atoms with E-state index >= 15 is 0 Å². The summed E-state index contributed by atoms with van der Waals surface area (Å²) >= 11 is 0. The predicted molar refractivity (Wildman–Crippen MR) is 80.7 cm³/mol. The zero-order chi connectivity index (χ0) is 14.1. The van der Waals surface area contributed by atoms with Crippen LogP contribution in [-0.2, 0) is 0 Å². The van der Waals surface area contributed by atoms with Gasteiger partial charge in [0.05, 0.1) is 0 Å². The SMILES string of the molecule is CCN(CCN)CCN.CCNCCNCCN. The Bertz CT molecular complexity index is 122. The molecule has 0 aromatic carbocycles. The summed E-state index contributed by atoms with van der Waals surface area (Å²) < 4.78 is 0. The number of nitrogens with zero attached hydrogens (tertiary/aromatic N) is 1. The van der Waals surface area contributed by atoms with Crippen LogP contribution in [0.4, 0.5) is 0 Å². The molecular formula is C12H34N6. The zero-order valence-corrected chi connectivity index (χ0v) is 12.3. The van der Waals surface area contributed by atoms with Crippen molar-refractivity contribution in [2.75, 3.05) is 65.4 Å². The fraction of sp³-hybridized carbons (Fsp3) is 1.00. The number of rotatable bonds is 11. The van der Waals surface area contributed by atoms with Crippen LogP contribution in [0.15, 0.2) is 0 Å². The molecule has 6 heteroatoms. The normalized spacial score (nSPS) is 10.3. The highest BCUT2D eigenvalue weighted by Gasteiger charge is 1.96. The van der Waals surface area contributed by atoms with Gasteiger partial charge in [-0.3, -0.25) is 0 Å². The van der Waals surface area contributed by atoms with Crippen LogP contribution in [-0.4, -0.2) is 70.3 Å². The average Bonchev–Trinajstić information content (AvgIpc) is 2.39. The van der Waals surface area contributed by atoms with Crippen molar-refractivity contribution < 1.29 is 0 Å². The van der Waals surface area contributed by atoms with Gasteiger partial charge in [-0.2, -0.15) is 0 Å². The van der Waals surface area contributed by atoms with Crippen LogP contribution in [0.3, 0.4) is 0 Å². The second kappa shape index (κ2) is 19.1. The molecule has 0 atom stereocenters. The first-order valence-electron chi connectivity index (χ1n) is 7.00. The van der Waals surface area contributed by atoms with Gasteiger partial charge in [0.15, 0.2) is 0 Å². The lowest BCUT2D eigenvalue weighted by Crippen LogP contribution is -2.33. The van der Waals surface area contributed by atoms with E-state index in [0.29, 0.717) is 0 Å². The zero-order valence-electron chi connectivity index (χ0n) is 12.3. The van der Waals surface area contributed by atoms with Gasteiger partial charge in [0.25, 0.3) is 0 Å². The second-order valence-corrected chi connectivity index (χ2v) is 3.90. The van der Waals surface area contributed by atoms with Gasteiger partial charge in [0.2, 0.25) is 0 Å². The van der Waals surface area contributed by atoms with Crippen molar-refractivity contribution in [3.05, 3.63) is 0 Å². The van der Waals surface area contributed by atoms with E-state index in [1.165, 1.54) is 0 Å². The van der Waals surface area contributed by atoms with Crippen molar-refractivity contribution in [3.63, 3.8) is 0 Å². The molecule has 0 saturated carbocycles. The molecule has 0 aromatic rings. The lowest BCUT2D eigenvalue weighted by Gasteiger charge is -2.17. The standard InChI is InChI=1S/2C6H17N3/c1-2-9(5-3-7)6-4-8;1-2-8-5-6-9-4-3-7/h2-8H2,1H3;8-9H,2-7H2,1H3. The highest BCUT2D eigenvalue weighted by atomic mass is 15.1. The van der Waals surface area contributed by atoms with Gasteiger partial charge in [-0.05, 0) is 13.1 Å². The van der Waals surface area contributed by atoms with Crippen molar-refractivity contribution in [2.45, 2.75) is 13.8 Å². The number of nitrogens with one attached hydrogen (secondary N) is 2. The number of hydrogen-bond acceptors (Lipinski definition) is 6. The van der Waals surface area contributed by atoms with Crippen LogP contribution in [0.1, 0.15) is 13.8 Å². The summed E-state index contributed by atoms with van der Waals surface area (Å²) in [5, 5.41) is 6.39. The summed E-state index contributed by atoms with van der Waals surface area (Å²) in [6.45, 7) is 13.4. The lowest BCUT2D eigenvalue weighted by molar-refractivity contribution is 0.304. The van der Waals surface area contributed by atoms with Gasteiger partial charge in [0.1, 0.15) is 0 Å². The van der Waals surface area contributed by atoms with E-state index in [-0.39, 0.29) is 0 Å². The Kier molecular flexibility index (Phi) is 21.3. The average molecular weight is 262 g/mol. The van der Waals surface area contributed by atoms with E-state index in [1.54, 1.807) is 0 Å². The summed E-state index contributed by atoms with van der Waals surface area (Å²) in [5.41, 5.74) is 16.0. The van der Waals surface area contributed by atoms with E-state index in [0.717, 1.165) is 65.4 Å². The number of likely N-dealkylation sites (N-methyl/N-ethyl adjacent to an activating group) is 2. The van der Waals surface area contributed by atoms with Gasteiger partial charge in [-0.1, -0.05) is 13.8 Å². The Morgan fingerprint density at radius 3 is 1.72 bits per heavy atom. The molecular weight excluding hydrogens is 228 g/mol. The quantitative estimate of drug-likeness (QED) is 0.286. The molecule has 0 saturated heterocycles. The molecule has 0 bridgehead atoms. The van der Waals surface area contributed by atoms with E-state index in [9.17, 15) is 0 Å². The topological polar surface area (TPSA) is 105 Å². The van der Waals surface area contributed by atoms with Crippen LogP contribution in [0, 0.1) is 0 Å². The maximum Gasteiger partial charge on any atom is 0.0105 e. The first-order chi connectivity index (χ1) is 8.76. The minimum atomic E-state index is 0.728. The molecule has 112 valence electrons. The van der Waals surface area contributed by atoms with Crippen LogP contribution in [0.5, 0.6) is 0 Å². The molecule has 0 heterocycles. The molecule has 0 amide bonds. The van der Waals surface area contributed by atoms with Gasteiger partial charge < -0.3 is 32.7 Å². The van der Waals surface area contributed by atoms with Gasteiger partial charge in [0, 0.05) is 52.4 Å². The Balaban J connectivity index is 0. The Morgan fingerprint density at radius 1 is 0.778 bits per heavy atom. The largest absolute Gasteiger partial charge is 0.329 e. The molecule has 0 aromatic heterocycles. The highest BCUT2D eigenvalue weighted by Crippen LogP contribution is 1.81. The van der Waals surface area contributed by atoms with Crippen molar-refractivity contribution in [2.24, 2.45) is 17.2 Å². The number of nitrogens with two attached hydrogens (primary N) is 3. The molecule has 0 aliphatic rings. The van der Waals surface area contributed by atoms with Crippen LogP contribution in [0.25, 0.3) is 0 Å². The molecule has 0 aliphatic heterocycles. The summed E-state index contributed by atoms with van der Waals surface area (Å²) in [6.07, 6.45) is 0. The first-order valence-corrected chi connectivity index (χ1v) is 7.00. The van der Waals surface area contributed by atoms with E-state index in [2.05, 4.69) is 29.4 Å². The molecule has 0 spiro atoms. The van der Waals surface area contributed by atoms with E-state index in [1.807, 2.05) is 0 Å². The summed E-state index contributed by atoms with van der Waals surface area (Å²) in [6, 6.07) is 0. The van der Waals surface area contributed by atoms with Gasteiger partial charge in [-0.15, -0.1) is 0 Å². The Morgan fingerprint density at radius 2 is 1.33 bits per heavy atom. The molecule has 0 radical (unpaired) electrons. The summed E-state index contributed by atoms with van der Waals surface area (Å²) in [4.78, 5) is 2.24.